The van der Waals surface area contributed by atoms with Crippen LogP contribution in [0.15, 0.2) is 24.3 Å². The van der Waals surface area contributed by atoms with Crippen LogP contribution in [0.4, 0.5) is 0 Å². The zero-order chi connectivity index (χ0) is 19.3. The van der Waals surface area contributed by atoms with Gasteiger partial charge in [0.05, 0.1) is 24.9 Å². The molecule has 3 fully saturated rings. The molecular formula is C23H32O5. The number of carbonyl (C=O) groups is 1. The molecule has 1 aromatic carbocycles. The van der Waals surface area contributed by atoms with Crippen LogP contribution < -0.4 is 4.74 Å². The van der Waals surface area contributed by atoms with Crippen molar-refractivity contribution >= 4 is 5.97 Å². The summed E-state index contributed by atoms with van der Waals surface area (Å²) in [6, 6.07) is 7.80. The largest absolute Gasteiger partial charge is 0.482 e. The van der Waals surface area contributed by atoms with Crippen LogP contribution in [0, 0.1) is 11.8 Å². The zero-order valence-corrected chi connectivity index (χ0v) is 16.6. The normalized spacial score (nSPS) is 30.3. The summed E-state index contributed by atoms with van der Waals surface area (Å²) in [6.07, 6.45) is 11.8. The maximum absolute atomic E-state index is 10.9. The fraction of sp³-hybridized carbons (Fsp3) is 0.696. The standard InChI is InChI=1S/C23H32O5/c24-23(25)15-27-20-10-6-5-7-16(20)13-18-19(22-12-11-21(18)28-22)14-26-17-8-3-1-2-4-9-17/h5-7,10,17-19,21-22H,1-4,8-9,11-15H2,(H,24,25)/t18-,19+,21-,22+/m0/s1. The van der Waals surface area contributed by atoms with Crippen molar-refractivity contribution in [3.63, 3.8) is 0 Å². The number of ether oxygens (including phenoxy) is 3. The first-order valence-corrected chi connectivity index (χ1v) is 10.9. The lowest BCUT2D eigenvalue weighted by Gasteiger charge is -2.30. The van der Waals surface area contributed by atoms with E-state index in [1.165, 1.54) is 38.5 Å². The maximum Gasteiger partial charge on any atom is 0.341 e. The van der Waals surface area contributed by atoms with E-state index >= 15 is 0 Å². The van der Waals surface area contributed by atoms with E-state index in [0.29, 0.717) is 35.9 Å². The molecule has 1 saturated carbocycles. The fourth-order valence-corrected chi connectivity index (χ4v) is 5.25. The van der Waals surface area contributed by atoms with Crippen LogP contribution in [-0.4, -0.2) is 42.6 Å². The second-order valence-corrected chi connectivity index (χ2v) is 8.56. The molecule has 0 unspecified atom stereocenters. The minimum atomic E-state index is -0.951. The molecule has 28 heavy (non-hydrogen) atoms. The van der Waals surface area contributed by atoms with Crippen LogP contribution in [0.3, 0.4) is 0 Å². The van der Waals surface area contributed by atoms with Gasteiger partial charge in [-0.3, -0.25) is 0 Å². The molecule has 2 aliphatic heterocycles. The summed E-state index contributed by atoms with van der Waals surface area (Å²) in [5.74, 6) is 0.567. The van der Waals surface area contributed by atoms with E-state index in [1.807, 2.05) is 24.3 Å². The van der Waals surface area contributed by atoms with E-state index in [4.69, 9.17) is 19.3 Å². The number of carboxylic acids is 1. The van der Waals surface area contributed by atoms with Crippen LogP contribution >= 0.6 is 0 Å². The first kappa shape index (κ1) is 19.7. The molecule has 0 radical (unpaired) electrons. The van der Waals surface area contributed by atoms with Gasteiger partial charge in [0, 0.05) is 5.92 Å². The monoisotopic (exact) mass is 388 g/mol. The number of benzene rings is 1. The van der Waals surface area contributed by atoms with Crippen LogP contribution in [0.1, 0.15) is 56.9 Å². The summed E-state index contributed by atoms with van der Waals surface area (Å²) in [5.41, 5.74) is 1.07. The van der Waals surface area contributed by atoms with Gasteiger partial charge in [-0.25, -0.2) is 4.79 Å². The maximum atomic E-state index is 10.9. The smallest absolute Gasteiger partial charge is 0.341 e. The average Bonchev–Trinajstić information content (AvgIpc) is 3.19. The number of fused-ring (bicyclic) bond motifs is 2. The summed E-state index contributed by atoms with van der Waals surface area (Å²) in [6.45, 7) is 0.479. The second kappa shape index (κ2) is 9.27. The summed E-state index contributed by atoms with van der Waals surface area (Å²) >= 11 is 0. The number of para-hydroxylation sites is 1. The van der Waals surface area contributed by atoms with Crippen LogP contribution in [0.25, 0.3) is 0 Å². The van der Waals surface area contributed by atoms with Crippen molar-refractivity contribution in [2.75, 3.05) is 13.2 Å². The first-order valence-electron chi connectivity index (χ1n) is 10.9. The Kier molecular flexibility index (Phi) is 6.53. The Balaban J connectivity index is 1.40. The highest BCUT2D eigenvalue weighted by Crippen LogP contribution is 2.46. The minimum Gasteiger partial charge on any atom is -0.482 e. The van der Waals surface area contributed by atoms with Crippen molar-refractivity contribution in [3.8, 4) is 5.75 Å². The van der Waals surface area contributed by atoms with Gasteiger partial charge in [0.25, 0.3) is 0 Å². The number of hydrogen-bond acceptors (Lipinski definition) is 4. The third-order valence-electron chi connectivity index (χ3n) is 6.70. The Hall–Kier alpha value is -1.59. The van der Waals surface area contributed by atoms with Gasteiger partial charge in [-0.05, 0) is 49.7 Å². The van der Waals surface area contributed by atoms with Gasteiger partial charge in [-0.2, -0.15) is 0 Å². The van der Waals surface area contributed by atoms with E-state index in [0.717, 1.165) is 31.4 Å². The molecular weight excluding hydrogens is 356 g/mol. The number of aliphatic carboxylic acids is 1. The highest BCUT2D eigenvalue weighted by atomic mass is 16.5. The molecule has 4 rings (SSSR count). The van der Waals surface area contributed by atoms with Crippen molar-refractivity contribution in [2.24, 2.45) is 11.8 Å². The Morgan fingerprint density at radius 1 is 1.00 bits per heavy atom. The molecule has 154 valence electrons. The fourth-order valence-electron chi connectivity index (χ4n) is 5.25. The van der Waals surface area contributed by atoms with Crippen molar-refractivity contribution < 1.29 is 24.1 Å². The van der Waals surface area contributed by atoms with Gasteiger partial charge in [0.2, 0.25) is 0 Å². The van der Waals surface area contributed by atoms with Gasteiger partial charge in [0.1, 0.15) is 5.75 Å². The van der Waals surface area contributed by atoms with Gasteiger partial charge >= 0.3 is 5.97 Å². The van der Waals surface area contributed by atoms with E-state index < -0.39 is 5.97 Å². The van der Waals surface area contributed by atoms with E-state index in [2.05, 4.69) is 0 Å². The molecule has 2 saturated heterocycles. The van der Waals surface area contributed by atoms with Gasteiger partial charge in [-0.1, -0.05) is 43.9 Å². The average molecular weight is 389 g/mol. The summed E-state index contributed by atoms with van der Waals surface area (Å²) in [4.78, 5) is 10.9. The highest BCUT2D eigenvalue weighted by Gasteiger charge is 2.49. The molecule has 1 aliphatic carbocycles. The molecule has 0 aromatic heterocycles. The second-order valence-electron chi connectivity index (χ2n) is 8.56. The van der Waals surface area contributed by atoms with Crippen molar-refractivity contribution in [1.82, 2.24) is 0 Å². The third kappa shape index (κ3) is 4.69. The summed E-state index contributed by atoms with van der Waals surface area (Å²) in [5, 5.41) is 8.93. The lowest BCUT2D eigenvalue weighted by molar-refractivity contribution is -0.139. The molecule has 0 amide bonds. The van der Waals surface area contributed by atoms with Gasteiger partial charge in [0.15, 0.2) is 6.61 Å². The lowest BCUT2D eigenvalue weighted by Crippen LogP contribution is -2.33. The summed E-state index contributed by atoms with van der Waals surface area (Å²) in [7, 11) is 0. The Morgan fingerprint density at radius 3 is 2.46 bits per heavy atom. The van der Waals surface area contributed by atoms with E-state index in [1.54, 1.807) is 0 Å². The minimum absolute atomic E-state index is 0.292. The predicted molar refractivity (Wildman–Crippen MR) is 106 cm³/mol. The first-order chi connectivity index (χ1) is 13.7. The molecule has 1 aromatic rings. The van der Waals surface area contributed by atoms with E-state index in [9.17, 15) is 4.79 Å². The van der Waals surface area contributed by atoms with Crippen molar-refractivity contribution in [2.45, 2.75) is 76.1 Å². The predicted octanol–water partition coefficient (Wildman–Crippen LogP) is 4.23. The van der Waals surface area contributed by atoms with Crippen LogP contribution in [0.2, 0.25) is 0 Å². The molecule has 2 bridgehead atoms. The van der Waals surface area contributed by atoms with Crippen LogP contribution in [-0.2, 0) is 20.7 Å². The van der Waals surface area contributed by atoms with E-state index in [-0.39, 0.29) is 6.61 Å². The quantitative estimate of drug-likeness (QED) is 0.675. The topological polar surface area (TPSA) is 65.0 Å². The van der Waals surface area contributed by atoms with Crippen molar-refractivity contribution in [1.29, 1.82) is 0 Å². The van der Waals surface area contributed by atoms with Crippen molar-refractivity contribution in [3.05, 3.63) is 29.8 Å². The molecule has 5 heteroatoms. The SMILES string of the molecule is O=C(O)COc1ccccc1C[C@H]1[C@@H](COC2CCCCCC2)[C@H]2CC[C@@H]1O2. The van der Waals surface area contributed by atoms with Gasteiger partial charge in [-0.15, -0.1) is 0 Å². The highest BCUT2D eigenvalue weighted by molar-refractivity contribution is 5.68. The summed E-state index contributed by atoms with van der Waals surface area (Å²) < 4.78 is 18.2. The molecule has 3 aliphatic rings. The molecule has 0 spiro atoms. The molecule has 4 atom stereocenters. The Morgan fingerprint density at radius 2 is 1.71 bits per heavy atom. The molecule has 5 nitrogen and oxygen atoms in total. The zero-order valence-electron chi connectivity index (χ0n) is 16.6. The lowest BCUT2D eigenvalue weighted by atomic mass is 9.76. The number of hydrogen-bond donors (Lipinski definition) is 1. The number of carboxylic acid groups (broad SMARTS) is 1. The van der Waals surface area contributed by atoms with Gasteiger partial charge < -0.3 is 19.3 Å². The third-order valence-corrected chi connectivity index (χ3v) is 6.70. The number of rotatable bonds is 8. The Labute approximate surface area is 167 Å². The van der Waals surface area contributed by atoms with Crippen LogP contribution in [0.5, 0.6) is 5.75 Å². The molecule has 2 heterocycles. The Bertz CT molecular complexity index is 652. The molecule has 1 N–H and O–H groups in total.